The van der Waals surface area contributed by atoms with Gasteiger partial charge in [0.2, 0.25) is 0 Å². The Morgan fingerprint density at radius 1 is 1.50 bits per heavy atom. The van der Waals surface area contributed by atoms with E-state index in [2.05, 4.69) is 28.2 Å². The topological polar surface area (TPSA) is 21.3 Å². The zero-order valence-electron chi connectivity index (χ0n) is 7.23. The summed E-state index contributed by atoms with van der Waals surface area (Å²) in [6.07, 6.45) is 0. The average Bonchev–Trinajstić information content (AvgIpc) is 2.09. The van der Waals surface area contributed by atoms with Crippen molar-refractivity contribution < 1.29 is 4.74 Å². The summed E-state index contributed by atoms with van der Waals surface area (Å²) in [4.78, 5) is 0. The maximum absolute atomic E-state index is 5.10. The first-order valence-electron chi connectivity index (χ1n) is 3.85. The first kappa shape index (κ1) is 9.39. The van der Waals surface area contributed by atoms with E-state index in [1.165, 1.54) is 0 Å². The fourth-order valence-corrected chi connectivity index (χ4v) is 1.34. The van der Waals surface area contributed by atoms with Crippen LogP contribution in [0.4, 0.5) is 5.69 Å². The van der Waals surface area contributed by atoms with Crippen LogP contribution in [-0.2, 0) is 0 Å². The number of halogens is 1. The Labute approximate surface area is 81.1 Å². The normalized spacial score (nSPS) is 9.58. The van der Waals surface area contributed by atoms with E-state index < -0.39 is 0 Å². The number of nitrogens with one attached hydrogen (secondary N) is 1. The molecule has 1 aromatic rings. The lowest BCUT2D eigenvalue weighted by Crippen LogP contribution is -1.97. The van der Waals surface area contributed by atoms with Crippen molar-refractivity contribution in [2.24, 2.45) is 0 Å². The summed E-state index contributed by atoms with van der Waals surface area (Å²) in [7, 11) is 1.67. The Bertz CT molecular complexity index is 263. The molecule has 0 aliphatic carbocycles. The van der Waals surface area contributed by atoms with E-state index in [0.717, 1.165) is 22.5 Å². The van der Waals surface area contributed by atoms with Crippen molar-refractivity contribution in [3.05, 3.63) is 22.7 Å². The predicted octanol–water partition coefficient (Wildman–Crippen LogP) is 2.89. The third-order valence-electron chi connectivity index (χ3n) is 1.54. The summed E-state index contributed by atoms with van der Waals surface area (Å²) in [5, 5.41) is 3.22. The molecular formula is C9H12BrNO. The SMILES string of the molecule is CCNc1cc(OC)ccc1Br. The maximum Gasteiger partial charge on any atom is 0.121 e. The Balaban J connectivity index is 2.91. The van der Waals surface area contributed by atoms with Gasteiger partial charge in [0.05, 0.1) is 12.8 Å². The van der Waals surface area contributed by atoms with Gasteiger partial charge in [-0.25, -0.2) is 0 Å². The van der Waals surface area contributed by atoms with Crippen molar-refractivity contribution >= 4 is 21.6 Å². The molecule has 1 N–H and O–H groups in total. The highest BCUT2D eigenvalue weighted by Crippen LogP contribution is 2.26. The van der Waals surface area contributed by atoms with Gasteiger partial charge in [-0.1, -0.05) is 0 Å². The first-order chi connectivity index (χ1) is 5.77. The van der Waals surface area contributed by atoms with Gasteiger partial charge in [0.1, 0.15) is 5.75 Å². The monoisotopic (exact) mass is 229 g/mol. The van der Waals surface area contributed by atoms with E-state index >= 15 is 0 Å². The minimum atomic E-state index is 0.870. The third-order valence-corrected chi connectivity index (χ3v) is 2.23. The van der Waals surface area contributed by atoms with Gasteiger partial charge in [0.25, 0.3) is 0 Å². The molecule has 0 amide bonds. The molecular weight excluding hydrogens is 218 g/mol. The van der Waals surface area contributed by atoms with Gasteiger partial charge in [-0.3, -0.25) is 0 Å². The van der Waals surface area contributed by atoms with Crippen molar-refractivity contribution in [3.8, 4) is 5.75 Å². The van der Waals surface area contributed by atoms with Gasteiger partial charge in [0, 0.05) is 17.1 Å². The minimum Gasteiger partial charge on any atom is -0.497 e. The molecule has 0 saturated heterocycles. The lowest BCUT2D eigenvalue weighted by atomic mass is 10.3. The zero-order chi connectivity index (χ0) is 8.97. The van der Waals surface area contributed by atoms with Crippen LogP contribution < -0.4 is 10.1 Å². The number of hydrogen-bond acceptors (Lipinski definition) is 2. The van der Waals surface area contributed by atoms with Crippen molar-refractivity contribution in [2.75, 3.05) is 19.0 Å². The summed E-state index contributed by atoms with van der Waals surface area (Å²) in [6, 6.07) is 5.86. The number of hydrogen-bond donors (Lipinski definition) is 1. The average molecular weight is 230 g/mol. The van der Waals surface area contributed by atoms with Gasteiger partial charge in [-0.15, -0.1) is 0 Å². The third kappa shape index (κ3) is 2.14. The van der Waals surface area contributed by atoms with Gasteiger partial charge in [-0.05, 0) is 35.0 Å². The van der Waals surface area contributed by atoms with E-state index in [4.69, 9.17) is 4.74 Å². The summed E-state index contributed by atoms with van der Waals surface area (Å²) >= 11 is 3.44. The summed E-state index contributed by atoms with van der Waals surface area (Å²) in [6.45, 7) is 2.97. The highest BCUT2D eigenvalue weighted by molar-refractivity contribution is 9.10. The van der Waals surface area contributed by atoms with Gasteiger partial charge in [-0.2, -0.15) is 0 Å². The number of anilines is 1. The van der Waals surface area contributed by atoms with Crippen LogP contribution in [0.2, 0.25) is 0 Å². The Kier molecular flexibility index (Phi) is 3.41. The van der Waals surface area contributed by atoms with Crippen LogP contribution in [0.1, 0.15) is 6.92 Å². The molecule has 0 saturated carbocycles. The number of ether oxygens (including phenoxy) is 1. The number of methoxy groups -OCH3 is 1. The Morgan fingerprint density at radius 3 is 2.83 bits per heavy atom. The molecule has 0 spiro atoms. The summed E-state index contributed by atoms with van der Waals surface area (Å²) < 4.78 is 6.16. The fourth-order valence-electron chi connectivity index (χ4n) is 0.957. The molecule has 0 bridgehead atoms. The molecule has 1 rings (SSSR count). The van der Waals surface area contributed by atoms with Crippen molar-refractivity contribution in [2.45, 2.75) is 6.92 Å². The first-order valence-corrected chi connectivity index (χ1v) is 4.64. The molecule has 1 aromatic carbocycles. The van der Waals surface area contributed by atoms with E-state index in [1.54, 1.807) is 7.11 Å². The molecule has 2 nitrogen and oxygen atoms in total. The van der Waals surface area contributed by atoms with Crippen molar-refractivity contribution in [3.63, 3.8) is 0 Å². The van der Waals surface area contributed by atoms with Crippen LogP contribution in [0.5, 0.6) is 5.75 Å². The van der Waals surface area contributed by atoms with E-state index in [1.807, 2.05) is 18.2 Å². The van der Waals surface area contributed by atoms with E-state index in [-0.39, 0.29) is 0 Å². The van der Waals surface area contributed by atoms with Gasteiger partial charge >= 0.3 is 0 Å². The van der Waals surface area contributed by atoms with Crippen LogP contribution in [0.15, 0.2) is 22.7 Å². The lowest BCUT2D eigenvalue weighted by Gasteiger charge is -2.07. The maximum atomic E-state index is 5.10. The van der Waals surface area contributed by atoms with E-state index in [9.17, 15) is 0 Å². The molecule has 12 heavy (non-hydrogen) atoms. The standard InChI is InChI=1S/C9H12BrNO/c1-3-11-9-6-7(12-2)4-5-8(9)10/h4-6,11H,3H2,1-2H3. The molecule has 0 heterocycles. The van der Waals surface area contributed by atoms with Crippen molar-refractivity contribution in [1.82, 2.24) is 0 Å². The minimum absolute atomic E-state index is 0.870. The highest BCUT2D eigenvalue weighted by atomic mass is 79.9. The second-order valence-corrected chi connectivity index (χ2v) is 3.23. The van der Waals surface area contributed by atoms with Crippen LogP contribution in [-0.4, -0.2) is 13.7 Å². The number of rotatable bonds is 3. The Hall–Kier alpha value is -0.700. The molecule has 66 valence electrons. The molecule has 0 aliphatic rings. The van der Waals surface area contributed by atoms with Crippen LogP contribution in [0.3, 0.4) is 0 Å². The summed E-state index contributed by atoms with van der Waals surface area (Å²) in [5.41, 5.74) is 1.07. The largest absolute Gasteiger partial charge is 0.497 e. The number of benzene rings is 1. The van der Waals surface area contributed by atoms with Gasteiger partial charge in [0.15, 0.2) is 0 Å². The van der Waals surface area contributed by atoms with Crippen LogP contribution >= 0.6 is 15.9 Å². The second-order valence-electron chi connectivity index (χ2n) is 2.38. The quantitative estimate of drug-likeness (QED) is 0.861. The smallest absolute Gasteiger partial charge is 0.121 e. The second kappa shape index (κ2) is 4.36. The predicted molar refractivity (Wildman–Crippen MR) is 54.9 cm³/mol. The summed E-state index contributed by atoms with van der Waals surface area (Å²) in [5.74, 6) is 0.870. The molecule has 0 fully saturated rings. The highest BCUT2D eigenvalue weighted by Gasteiger charge is 1.99. The van der Waals surface area contributed by atoms with E-state index in [0.29, 0.717) is 0 Å². The molecule has 3 heteroatoms. The molecule has 0 radical (unpaired) electrons. The molecule has 0 aliphatic heterocycles. The molecule has 0 unspecified atom stereocenters. The van der Waals surface area contributed by atoms with Gasteiger partial charge < -0.3 is 10.1 Å². The van der Waals surface area contributed by atoms with Crippen molar-refractivity contribution in [1.29, 1.82) is 0 Å². The van der Waals surface area contributed by atoms with Crippen LogP contribution in [0.25, 0.3) is 0 Å². The lowest BCUT2D eigenvalue weighted by molar-refractivity contribution is 0.415. The Morgan fingerprint density at radius 2 is 2.25 bits per heavy atom. The fraction of sp³-hybridized carbons (Fsp3) is 0.333. The van der Waals surface area contributed by atoms with Crippen LogP contribution in [0, 0.1) is 0 Å². The molecule has 0 atom stereocenters. The molecule has 0 aromatic heterocycles. The zero-order valence-corrected chi connectivity index (χ0v) is 8.81.